The molecule has 2 fully saturated rings. The minimum absolute atomic E-state index is 0.0407. The maximum atomic E-state index is 13.2. The number of carbonyl (C=O) groups is 1. The van der Waals surface area contributed by atoms with Crippen LogP contribution in [-0.2, 0) is 17.8 Å². The summed E-state index contributed by atoms with van der Waals surface area (Å²) in [6.07, 6.45) is 9.84. The van der Waals surface area contributed by atoms with E-state index in [2.05, 4.69) is 76.4 Å². The highest BCUT2D eigenvalue weighted by molar-refractivity contribution is 5.87. The van der Waals surface area contributed by atoms with Gasteiger partial charge in [0.05, 0.1) is 17.4 Å². The molecule has 5 nitrogen and oxygen atoms in total. The number of aryl methyl sites for hydroxylation is 1. The van der Waals surface area contributed by atoms with Gasteiger partial charge in [0, 0.05) is 54.1 Å². The van der Waals surface area contributed by atoms with E-state index in [-0.39, 0.29) is 5.54 Å². The Kier molecular flexibility index (Phi) is 5.28. The lowest BCUT2D eigenvalue weighted by Crippen LogP contribution is -2.59. The third-order valence-corrected chi connectivity index (χ3v) is 8.17. The van der Waals surface area contributed by atoms with Crippen molar-refractivity contribution in [1.82, 2.24) is 14.9 Å². The molecule has 0 aliphatic carbocycles. The Labute approximate surface area is 200 Å². The van der Waals surface area contributed by atoms with Gasteiger partial charge in [-0.2, -0.15) is 0 Å². The molecule has 2 aromatic heterocycles. The van der Waals surface area contributed by atoms with Crippen LogP contribution in [0.3, 0.4) is 0 Å². The van der Waals surface area contributed by atoms with Gasteiger partial charge >= 0.3 is 0 Å². The highest BCUT2D eigenvalue weighted by atomic mass is 16.2. The van der Waals surface area contributed by atoms with Crippen molar-refractivity contribution in [1.29, 1.82) is 0 Å². The Hall–Kier alpha value is -3.34. The van der Waals surface area contributed by atoms with E-state index < -0.39 is 0 Å². The predicted octanol–water partition coefficient (Wildman–Crippen LogP) is 5.83. The third kappa shape index (κ3) is 3.46. The normalized spacial score (nSPS) is 18.3. The second-order valence-electron chi connectivity index (χ2n) is 9.89. The maximum absolute atomic E-state index is 13.2. The molecule has 0 saturated carbocycles. The van der Waals surface area contributed by atoms with Crippen LogP contribution in [0.15, 0.2) is 60.9 Å². The number of aromatic amines is 1. The number of anilines is 1. The summed E-state index contributed by atoms with van der Waals surface area (Å²) in [5, 5.41) is 2.49. The molecule has 2 aliphatic heterocycles. The first-order chi connectivity index (χ1) is 16.7. The summed E-state index contributed by atoms with van der Waals surface area (Å²) in [4.78, 5) is 26.1. The fourth-order valence-electron chi connectivity index (χ4n) is 6.33. The van der Waals surface area contributed by atoms with Crippen molar-refractivity contribution in [2.75, 3.05) is 18.0 Å². The van der Waals surface area contributed by atoms with E-state index >= 15 is 0 Å². The topological polar surface area (TPSA) is 52.2 Å². The van der Waals surface area contributed by atoms with Crippen molar-refractivity contribution in [3.8, 4) is 0 Å². The number of fused-ring (bicyclic) bond motifs is 2. The number of aromatic nitrogens is 2. The molecule has 1 N–H and O–H groups in total. The van der Waals surface area contributed by atoms with Crippen LogP contribution in [0.5, 0.6) is 0 Å². The first kappa shape index (κ1) is 21.2. The number of nitrogens with zero attached hydrogens (tertiary/aromatic N) is 3. The molecular weight excluding hydrogens is 420 g/mol. The van der Waals surface area contributed by atoms with Gasteiger partial charge in [-0.05, 0) is 61.4 Å². The first-order valence-corrected chi connectivity index (χ1v) is 12.7. The molecule has 4 heterocycles. The molecule has 0 bridgehead atoms. The molecule has 2 saturated heterocycles. The van der Waals surface area contributed by atoms with Gasteiger partial charge in [-0.3, -0.25) is 9.78 Å². The van der Waals surface area contributed by atoms with Crippen molar-refractivity contribution in [2.45, 2.75) is 57.5 Å². The van der Waals surface area contributed by atoms with Crippen molar-refractivity contribution in [3.63, 3.8) is 0 Å². The van der Waals surface area contributed by atoms with Gasteiger partial charge < -0.3 is 14.8 Å². The Bertz CT molecular complexity index is 1350. The second kappa shape index (κ2) is 8.46. The number of nitrogens with one attached hydrogen (secondary N) is 1. The van der Waals surface area contributed by atoms with Crippen molar-refractivity contribution < 1.29 is 4.79 Å². The minimum atomic E-state index is -0.0407. The molecule has 174 valence electrons. The number of piperidine rings is 2. The predicted molar refractivity (Wildman–Crippen MR) is 138 cm³/mol. The number of hydrogen-bond donors (Lipinski definition) is 1. The van der Waals surface area contributed by atoms with Gasteiger partial charge in [0.15, 0.2) is 0 Å². The number of carbonyl (C=O) groups excluding carboxylic acids is 1. The van der Waals surface area contributed by atoms with E-state index in [0.717, 1.165) is 56.2 Å². The Balaban J connectivity index is 1.28. The fraction of sp³-hybridized carbons (Fsp3) is 0.379. The third-order valence-electron chi connectivity index (χ3n) is 8.17. The summed E-state index contributed by atoms with van der Waals surface area (Å²) in [6, 6.07) is 17.0. The molecule has 2 aromatic carbocycles. The smallest absolute Gasteiger partial charge is 0.223 e. The maximum Gasteiger partial charge on any atom is 0.223 e. The molecule has 5 heteroatoms. The van der Waals surface area contributed by atoms with E-state index in [0.29, 0.717) is 18.9 Å². The molecule has 1 spiro atoms. The minimum Gasteiger partial charge on any atom is -0.370 e. The standard InChI is InChI=1S/C29H32N4O/c1-2-22-24-8-3-4-9-26(24)31-19-27(22)32-17-14-29(15-18-32)13-6-11-28(34)33(29)20-21-7-5-10-25-23(21)12-16-30-25/h3-5,7-10,12,16,19,30H,2,6,11,13-15,17-18,20H2,1H3. The van der Waals surface area contributed by atoms with E-state index in [1.54, 1.807) is 0 Å². The quantitative estimate of drug-likeness (QED) is 0.424. The van der Waals surface area contributed by atoms with Crippen LogP contribution in [0.4, 0.5) is 5.69 Å². The number of likely N-dealkylation sites (tertiary alicyclic amines) is 1. The Morgan fingerprint density at radius 2 is 1.85 bits per heavy atom. The van der Waals surface area contributed by atoms with E-state index in [1.807, 2.05) is 6.20 Å². The first-order valence-electron chi connectivity index (χ1n) is 12.7. The van der Waals surface area contributed by atoms with Crippen LogP contribution < -0.4 is 4.90 Å². The van der Waals surface area contributed by atoms with Crippen LogP contribution in [0.2, 0.25) is 0 Å². The number of rotatable bonds is 4. The molecule has 2 aliphatic rings. The molecule has 0 unspecified atom stereocenters. The summed E-state index contributed by atoms with van der Waals surface area (Å²) >= 11 is 0. The summed E-state index contributed by atoms with van der Waals surface area (Å²) in [5.41, 5.74) is 6.06. The van der Waals surface area contributed by atoms with Gasteiger partial charge in [-0.25, -0.2) is 0 Å². The lowest BCUT2D eigenvalue weighted by Gasteiger charge is -2.52. The highest BCUT2D eigenvalue weighted by Gasteiger charge is 2.44. The molecule has 1 amide bonds. The zero-order valence-electron chi connectivity index (χ0n) is 19.9. The van der Waals surface area contributed by atoms with Crippen LogP contribution in [0.25, 0.3) is 21.8 Å². The van der Waals surface area contributed by atoms with Gasteiger partial charge in [0.1, 0.15) is 0 Å². The van der Waals surface area contributed by atoms with Gasteiger partial charge in [0.2, 0.25) is 5.91 Å². The van der Waals surface area contributed by atoms with Crippen LogP contribution >= 0.6 is 0 Å². The highest BCUT2D eigenvalue weighted by Crippen LogP contribution is 2.41. The summed E-state index contributed by atoms with van der Waals surface area (Å²) < 4.78 is 0. The molecule has 6 rings (SSSR count). The summed E-state index contributed by atoms with van der Waals surface area (Å²) in [5.74, 6) is 0.314. The van der Waals surface area contributed by atoms with Crippen molar-refractivity contribution in [2.24, 2.45) is 0 Å². The van der Waals surface area contributed by atoms with E-state index in [4.69, 9.17) is 4.98 Å². The van der Waals surface area contributed by atoms with Gasteiger partial charge in [0.25, 0.3) is 0 Å². The van der Waals surface area contributed by atoms with Crippen LogP contribution in [-0.4, -0.2) is 39.4 Å². The average Bonchev–Trinajstić information content (AvgIpc) is 3.36. The van der Waals surface area contributed by atoms with Gasteiger partial charge in [-0.1, -0.05) is 37.3 Å². The second-order valence-corrected chi connectivity index (χ2v) is 9.89. The monoisotopic (exact) mass is 452 g/mol. The lowest BCUT2D eigenvalue weighted by molar-refractivity contribution is -0.144. The number of benzene rings is 2. The summed E-state index contributed by atoms with van der Waals surface area (Å²) in [6.45, 7) is 4.86. The SMILES string of the molecule is CCc1c(N2CCC3(CCCC(=O)N3Cc3cccc4[nH]ccc34)CC2)cnc2ccccc12. The zero-order valence-corrected chi connectivity index (χ0v) is 19.9. The van der Waals surface area contributed by atoms with Crippen molar-refractivity contribution >= 4 is 33.4 Å². The molecule has 34 heavy (non-hydrogen) atoms. The number of H-pyrrole nitrogens is 1. The van der Waals surface area contributed by atoms with E-state index in [9.17, 15) is 4.79 Å². The fourth-order valence-corrected chi connectivity index (χ4v) is 6.33. The zero-order chi connectivity index (χ0) is 23.1. The summed E-state index contributed by atoms with van der Waals surface area (Å²) in [7, 11) is 0. The lowest BCUT2D eigenvalue weighted by atomic mass is 9.77. The molecular formula is C29H32N4O. The number of amides is 1. The molecule has 0 radical (unpaired) electrons. The largest absolute Gasteiger partial charge is 0.370 e. The van der Waals surface area contributed by atoms with Gasteiger partial charge in [-0.15, -0.1) is 0 Å². The molecule has 0 atom stereocenters. The number of hydrogen-bond acceptors (Lipinski definition) is 3. The number of pyridine rings is 1. The van der Waals surface area contributed by atoms with Crippen LogP contribution in [0.1, 0.15) is 50.2 Å². The van der Waals surface area contributed by atoms with Crippen molar-refractivity contribution in [3.05, 3.63) is 72.1 Å². The molecule has 4 aromatic rings. The Morgan fingerprint density at radius 1 is 1.00 bits per heavy atom. The van der Waals surface area contributed by atoms with Crippen LogP contribution in [0, 0.1) is 0 Å². The Morgan fingerprint density at radius 3 is 2.71 bits per heavy atom. The van der Waals surface area contributed by atoms with E-state index in [1.165, 1.54) is 27.6 Å². The number of para-hydroxylation sites is 1. The average molecular weight is 453 g/mol.